The van der Waals surface area contributed by atoms with Gasteiger partial charge in [-0.3, -0.25) is 4.79 Å². The van der Waals surface area contributed by atoms with E-state index < -0.39 is 15.9 Å². The first-order valence-corrected chi connectivity index (χ1v) is 9.68. The summed E-state index contributed by atoms with van der Waals surface area (Å²) in [5, 5.41) is 1.16. The summed E-state index contributed by atoms with van der Waals surface area (Å²) in [6.07, 6.45) is 1.54. The summed E-state index contributed by atoms with van der Waals surface area (Å²) >= 11 is 0. The van der Waals surface area contributed by atoms with Gasteiger partial charge >= 0.3 is 0 Å². The van der Waals surface area contributed by atoms with E-state index in [0.717, 1.165) is 5.41 Å². The topological polar surface area (TPSA) is 72.9 Å². The number of carbonyl (C=O) groups excluding carboxylic acids is 1. The molecule has 3 rings (SSSR count). The molecule has 6 nitrogen and oxygen atoms in total. The van der Waals surface area contributed by atoms with E-state index in [9.17, 15) is 13.2 Å². The van der Waals surface area contributed by atoms with Crippen LogP contribution in [0.5, 0.6) is 11.5 Å². The monoisotopic (exact) mass is 373 g/mol. The summed E-state index contributed by atoms with van der Waals surface area (Å²) in [6.45, 7) is 0. The Balaban J connectivity index is 1.98. The zero-order valence-corrected chi connectivity index (χ0v) is 15.3. The van der Waals surface area contributed by atoms with Crippen molar-refractivity contribution in [2.75, 3.05) is 24.9 Å². The van der Waals surface area contributed by atoms with Gasteiger partial charge in [0.25, 0.3) is 5.91 Å². The molecule has 1 heterocycles. The number of amides is 1. The maximum Gasteiger partial charge on any atom is 0.258 e. The van der Waals surface area contributed by atoms with Gasteiger partial charge in [0.15, 0.2) is 9.84 Å². The Morgan fingerprint density at radius 1 is 0.962 bits per heavy atom. The summed E-state index contributed by atoms with van der Waals surface area (Å²) in [4.78, 5) is 14.6. The lowest BCUT2D eigenvalue weighted by molar-refractivity contribution is 0.0983. The third-order valence-electron chi connectivity index (χ3n) is 4.15. The maximum atomic E-state index is 13.1. The summed E-state index contributed by atoms with van der Waals surface area (Å²) in [5.41, 5.74) is 1.04. The first-order chi connectivity index (χ1) is 12.4. The highest BCUT2D eigenvalue weighted by atomic mass is 32.2. The number of benzene rings is 2. The second kappa shape index (κ2) is 7.21. The molecule has 0 aromatic heterocycles. The first-order valence-electron chi connectivity index (χ1n) is 7.96. The van der Waals surface area contributed by atoms with E-state index in [1.807, 2.05) is 0 Å². The lowest BCUT2D eigenvalue weighted by Crippen LogP contribution is -2.41. The summed E-state index contributed by atoms with van der Waals surface area (Å²) < 4.78 is 34.0. The molecule has 0 N–H and O–H groups in total. The molecule has 0 saturated carbocycles. The summed E-state index contributed by atoms with van der Waals surface area (Å²) in [5.74, 6) is 0.867. The van der Waals surface area contributed by atoms with Crippen molar-refractivity contribution in [3.05, 3.63) is 65.6 Å². The Hall–Kier alpha value is -2.80. The number of carbonyl (C=O) groups is 1. The predicted molar refractivity (Wildman–Crippen MR) is 99.5 cm³/mol. The molecule has 26 heavy (non-hydrogen) atoms. The molecule has 0 bridgehead atoms. The van der Waals surface area contributed by atoms with Crippen LogP contribution in [0, 0.1) is 0 Å². The molecule has 2 aromatic carbocycles. The first kappa shape index (κ1) is 18.0. The Morgan fingerprint density at radius 2 is 1.50 bits per heavy atom. The number of sulfone groups is 1. The smallest absolute Gasteiger partial charge is 0.258 e. The predicted octanol–water partition coefficient (Wildman–Crippen LogP) is 2.66. The lowest BCUT2D eigenvalue weighted by Gasteiger charge is -2.28. The average molecular weight is 373 g/mol. The number of ether oxygens (including phenoxy) is 2. The number of methoxy groups -OCH3 is 2. The Bertz CT molecular complexity index is 917. The number of hydrogen-bond acceptors (Lipinski definition) is 5. The molecule has 0 spiro atoms. The van der Waals surface area contributed by atoms with E-state index in [0.29, 0.717) is 22.7 Å². The van der Waals surface area contributed by atoms with Gasteiger partial charge in [-0.05, 0) is 54.6 Å². The van der Waals surface area contributed by atoms with Crippen LogP contribution in [0.3, 0.4) is 0 Å². The molecule has 1 atom stereocenters. The second-order valence-electron chi connectivity index (χ2n) is 5.83. The van der Waals surface area contributed by atoms with Crippen molar-refractivity contribution in [1.82, 2.24) is 0 Å². The van der Waals surface area contributed by atoms with Crippen LogP contribution >= 0.6 is 0 Å². The highest BCUT2D eigenvalue weighted by Crippen LogP contribution is 2.27. The number of anilines is 1. The second-order valence-corrected chi connectivity index (χ2v) is 7.76. The molecule has 136 valence electrons. The molecular weight excluding hydrogens is 354 g/mol. The third kappa shape index (κ3) is 3.72. The SMILES string of the molecule is COc1ccc(C(=O)N(c2ccc(OC)cc2)[C@H]2C=CS(=O)(=O)C2)cc1. The van der Waals surface area contributed by atoms with Crippen LogP contribution in [-0.4, -0.2) is 40.3 Å². The molecule has 1 aliphatic heterocycles. The molecule has 0 unspecified atom stereocenters. The number of rotatable bonds is 5. The van der Waals surface area contributed by atoms with Crippen molar-refractivity contribution < 1.29 is 22.7 Å². The number of nitrogens with zero attached hydrogens (tertiary/aromatic N) is 1. The molecule has 1 amide bonds. The van der Waals surface area contributed by atoms with Crippen LogP contribution in [0.15, 0.2) is 60.0 Å². The minimum absolute atomic E-state index is 0.138. The fourth-order valence-electron chi connectivity index (χ4n) is 2.79. The van der Waals surface area contributed by atoms with E-state index in [1.165, 1.54) is 4.90 Å². The Labute approximate surface area is 152 Å². The van der Waals surface area contributed by atoms with Crippen molar-refractivity contribution in [3.8, 4) is 11.5 Å². The molecule has 0 radical (unpaired) electrons. The van der Waals surface area contributed by atoms with Crippen LogP contribution in [0.2, 0.25) is 0 Å². The van der Waals surface area contributed by atoms with E-state index >= 15 is 0 Å². The van der Waals surface area contributed by atoms with E-state index in [-0.39, 0.29) is 11.7 Å². The molecule has 0 fully saturated rings. The van der Waals surface area contributed by atoms with Gasteiger partial charge < -0.3 is 14.4 Å². The average Bonchev–Trinajstić information content (AvgIpc) is 3.02. The quantitative estimate of drug-likeness (QED) is 0.806. The normalized spacial score (nSPS) is 17.7. The van der Waals surface area contributed by atoms with E-state index in [2.05, 4.69) is 0 Å². The minimum Gasteiger partial charge on any atom is -0.497 e. The van der Waals surface area contributed by atoms with Gasteiger partial charge in [0.1, 0.15) is 11.5 Å². The molecule has 7 heteroatoms. The number of hydrogen-bond donors (Lipinski definition) is 0. The summed E-state index contributed by atoms with van der Waals surface area (Å²) in [7, 11) is -0.199. The van der Waals surface area contributed by atoms with Crippen molar-refractivity contribution in [2.24, 2.45) is 0 Å². The zero-order valence-electron chi connectivity index (χ0n) is 14.5. The third-order valence-corrected chi connectivity index (χ3v) is 5.53. The fourth-order valence-corrected chi connectivity index (χ4v) is 4.06. The van der Waals surface area contributed by atoms with Gasteiger partial charge in [0, 0.05) is 16.7 Å². The molecule has 0 aliphatic carbocycles. The highest BCUT2D eigenvalue weighted by Gasteiger charge is 2.32. The van der Waals surface area contributed by atoms with Gasteiger partial charge in [-0.1, -0.05) is 0 Å². The highest BCUT2D eigenvalue weighted by molar-refractivity contribution is 7.94. The van der Waals surface area contributed by atoms with E-state index in [4.69, 9.17) is 9.47 Å². The zero-order chi connectivity index (χ0) is 18.7. The van der Waals surface area contributed by atoms with Gasteiger partial charge in [0.05, 0.1) is 26.0 Å². The van der Waals surface area contributed by atoms with Gasteiger partial charge in [0.2, 0.25) is 0 Å². The van der Waals surface area contributed by atoms with Gasteiger partial charge in [-0.2, -0.15) is 0 Å². The van der Waals surface area contributed by atoms with Crippen LogP contribution in [0.4, 0.5) is 5.69 Å². The fraction of sp³-hybridized carbons (Fsp3) is 0.211. The molecule has 1 aliphatic rings. The largest absolute Gasteiger partial charge is 0.497 e. The Morgan fingerprint density at radius 3 is 1.96 bits per heavy atom. The Kier molecular flexibility index (Phi) is 4.99. The lowest BCUT2D eigenvalue weighted by atomic mass is 10.1. The maximum absolute atomic E-state index is 13.1. The van der Waals surface area contributed by atoms with Gasteiger partial charge in [-0.15, -0.1) is 0 Å². The van der Waals surface area contributed by atoms with Crippen LogP contribution in [-0.2, 0) is 9.84 Å². The van der Waals surface area contributed by atoms with Crippen LogP contribution in [0.1, 0.15) is 10.4 Å². The van der Waals surface area contributed by atoms with Crippen molar-refractivity contribution in [3.63, 3.8) is 0 Å². The molecule has 2 aromatic rings. The summed E-state index contributed by atoms with van der Waals surface area (Å²) in [6, 6.07) is 13.1. The standard InChI is InChI=1S/C19H19NO5S/c1-24-17-7-3-14(4-8-17)19(21)20(16-11-12-26(22,23)13-16)15-5-9-18(25-2)10-6-15/h3-12,16H,13H2,1-2H3/t16-/m0/s1. The van der Waals surface area contributed by atoms with E-state index in [1.54, 1.807) is 68.8 Å². The van der Waals surface area contributed by atoms with Gasteiger partial charge in [-0.25, -0.2) is 8.42 Å². The van der Waals surface area contributed by atoms with Crippen molar-refractivity contribution >= 4 is 21.4 Å². The minimum atomic E-state index is -3.31. The van der Waals surface area contributed by atoms with Crippen LogP contribution < -0.4 is 14.4 Å². The molecular formula is C19H19NO5S. The molecule has 0 saturated heterocycles. The van der Waals surface area contributed by atoms with Crippen molar-refractivity contribution in [1.29, 1.82) is 0 Å². The van der Waals surface area contributed by atoms with Crippen molar-refractivity contribution in [2.45, 2.75) is 6.04 Å². The van der Waals surface area contributed by atoms with Crippen LogP contribution in [0.25, 0.3) is 0 Å².